The standard InChI is InChI=1S/C11H12FN3O/c1-15-11(13)9(6-14-15)8-4-3-7(16-2)5-10(8)12/h3-6H,13H2,1-2H3. The highest BCUT2D eigenvalue weighted by Crippen LogP contribution is 2.29. The summed E-state index contributed by atoms with van der Waals surface area (Å²) in [6.45, 7) is 0. The van der Waals surface area contributed by atoms with Crippen molar-refractivity contribution in [2.75, 3.05) is 12.8 Å². The highest BCUT2D eigenvalue weighted by atomic mass is 19.1. The monoisotopic (exact) mass is 221 g/mol. The van der Waals surface area contributed by atoms with Crippen LogP contribution >= 0.6 is 0 Å². The van der Waals surface area contributed by atoms with Gasteiger partial charge in [-0.1, -0.05) is 0 Å². The Bertz CT molecular complexity index is 522. The Balaban J connectivity index is 2.52. The van der Waals surface area contributed by atoms with Crippen molar-refractivity contribution in [2.24, 2.45) is 7.05 Å². The van der Waals surface area contributed by atoms with Gasteiger partial charge in [-0.3, -0.25) is 4.68 Å². The SMILES string of the molecule is COc1ccc(-c2cnn(C)c2N)c(F)c1. The van der Waals surface area contributed by atoms with E-state index in [4.69, 9.17) is 10.5 Å². The van der Waals surface area contributed by atoms with E-state index < -0.39 is 0 Å². The van der Waals surface area contributed by atoms with E-state index >= 15 is 0 Å². The lowest BCUT2D eigenvalue weighted by atomic mass is 10.1. The molecular formula is C11H12FN3O. The lowest BCUT2D eigenvalue weighted by molar-refractivity contribution is 0.411. The Morgan fingerprint density at radius 2 is 2.12 bits per heavy atom. The summed E-state index contributed by atoms with van der Waals surface area (Å²) in [5.41, 5.74) is 6.78. The quantitative estimate of drug-likeness (QED) is 0.841. The summed E-state index contributed by atoms with van der Waals surface area (Å²) < 4.78 is 20.2. The Hall–Kier alpha value is -2.04. The number of hydrogen-bond donors (Lipinski definition) is 1. The fraction of sp³-hybridized carbons (Fsp3) is 0.182. The molecular weight excluding hydrogens is 209 g/mol. The van der Waals surface area contributed by atoms with E-state index in [1.807, 2.05) is 0 Å². The molecule has 0 atom stereocenters. The summed E-state index contributed by atoms with van der Waals surface area (Å²) in [7, 11) is 3.20. The van der Waals surface area contributed by atoms with Crippen molar-refractivity contribution in [1.29, 1.82) is 0 Å². The van der Waals surface area contributed by atoms with Crippen LogP contribution in [0.2, 0.25) is 0 Å². The molecule has 0 saturated carbocycles. The highest BCUT2D eigenvalue weighted by Gasteiger charge is 2.12. The third-order valence-corrected chi connectivity index (χ3v) is 2.45. The number of nitrogens with two attached hydrogens (primary N) is 1. The molecule has 5 heteroatoms. The van der Waals surface area contributed by atoms with E-state index in [1.54, 1.807) is 25.4 Å². The predicted octanol–water partition coefficient (Wildman–Crippen LogP) is 1.82. The summed E-state index contributed by atoms with van der Waals surface area (Å²) in [5.74, 6) is 0.534. The molecule has 1 heterocycles. The van der Waals surface area contributed by atoms with Gasteiger partial charge in [0.15, 0.2) is 0 Å². The van der Waals surface area contributed by atoms with Crippen molar-refractivity contribution in [2.45, 2.75) is 0 Å². The Morgan fingerprint density at radius 1 is 1.38 bits per heavy atom. The van der Waals surface area contributed by atoms with Gasteiger partial charge in [-0.2, -0.15) is 5.10 Å². The zero-order chi connectivity index (χ0) is 11.7. The molecule has 0 saturated heterocycles. The first-order valence-corrected chi connectivity index (χ1v) is 4.75. The van der Waals surface area contributed by atoms with Gasteiger partial charge in [0.1, 0.15) is 17.4 Å². The van der Waals surface area contributed by atoms with Crippen LogP contribution in [0.5, 0.6) is 5.75 Å². The largest absolute Gasteiger partial charge is 0.497 e. The fourth-order valence-electron chi connectivity index (χ4n) is 1.50. The molecule has 0 spiro atoms. The number of methoxy groups -OCH3 is 1. The molecule has 0 amide bonds. The Labute approximate surface area is 92.4 Å². The van der Waals surface area contributed by atoms with Gasteiger partial charge < -0.3 is 10.5 Å². The first kappa shape index (κ1) is 10.5. The van der Waals surface area contributed by atoms with Gasteiger partial charge in [-0.05, 0) is 12.1 Å². The molecule has 84 valence electrons. The third kappa shape index (κ3) is 1.60. The van der Waals surface area contributed by atoms with Crippen molar-refractivity contribution in [1.82, 2.24) is 9.78 Å². The molecule has 0 aliphatic heterocycles. The van der Waals surface area contributed by atoms with E-state index in [0.717, 1.165) is 0 Å². The fourth-order valence-corrected chi connectivity index (χ4v) is 1.50. The van der Waals surface area contributed by atoms with E-state index in [-0.39, 0.29) is 5.82 Å². The topological polar surface area (TPSA) is 53.1 Å². The number of benzene rings is 1. The minimum absolute atomic E-state index is 0.376. The van der Waals surface area contributed by atoms with Crippen LogP contribution in [0.3, 0.4) is 0 Å². The van der Waals surface area contributed by atoms with Crippen LogP contribution in [0.4, 0.5) is 10.2 Å². The van der Waals surface area contributed by atoms with Gasteiger partial charge in [-0.25, -0.2) is 4.39 Å². The molecule has 16 heavy (non-hydrogen) atoms. The van der Waals surface area contributed by atoms with Crippen molar-refractivity contribution in [3.05, 3.63) is 30.2 Å². The number of aryl methyl sites for hydroxylation is 1. The lowest BCUT2D eigenvalue weighted by Gasteiger charge is -2.05. The van der Waals surface area contributed by atoms with Crippen LogP contribution in [0.25, 0.3) is 11.1 Å². The molecule has 1 aromatic carbocycles. The molecule has 0 aliphatic rings. The van der Waals surface area contributed by atoms with Crippen molar-refractivity contribution in [3.63, 3.8) is 0 Å². The third-order valence-electron chi connectivity index (χ3n) is 2.45. The molecule has 1 aromatic heterocycles. The van der Waals surface area contributed by atoms with Crippen LogP contribution in [-0.2, 0) is 7.05 Å². The van der Waals surface area contributed by atoms with Crippen LogP contribution < -0.4 is 10.5 Å². The van der Waals surface area contributed by atoms with Crippen LogP contribution in [-0.4, -0.2) is 16.9 Å². The number of halogens is 1. The maximum atomic E-state index is 13.7. The van der Waals surface area contributed by atoms with E-state index in [0.29, 0.717) is 22.7 Å². The second kappa shape index (κ2) is 3.84. The first-order valence-electron chi connectivity index (χ1n) is 4.75. The van der Waals surface area contributed by atoms with Crippen molar-refractivity contribution >= 4 is 5.82 Å². The van der Waals surface area contributed by atoms with Gasteiger partial charge in [0, 0.05) is 24.2 Å². The Kier molecular flexibility index (Phi) is 2.52. The average molecular weight is 221 g/mol. The summed E-state index contributed by atoms with van der Waals surface area (Å²) in [6.07, 6.45) is 1.54. The summed E-state index contributed by atoms with van der Waals surface area (Å²) in [4.78, 5) is 0. The normalized spacial score (nSPS) is 10.4. The van der Waals surface area contributed by atoms with Crippen LogP contribution in [0.1, 0.15) is 0 Å². The van der Waals surface area contributed by atoms with Gasteiger partial charge in [0.2, 0.25) is 0 Å². The average Bonchev–Trinajstić information content (AvgIpc) is 2.60. The zero-order valence-electron chi connectivity index (χ0n) is 9.07. The number of aromatic nitrogens is 2. The van der Waals surface area contributed by atoms with E-state index in [9.17, 15) is 4.39 Å². The molecule has 0 aliphatic carbocycles. The molecule has 4 nitrogen and oxygen atoms in total. The van der Waals surface area contributed by atoms with Crippen molar-refractivity contribution in [3.8, 4) is 16.9 Å². The zero-order valence-corrected chi connectivity index (χ0v) is 9.07. The second-order valence-corrected chi connectivity index (χ2v) is 3.41. The van der Waals surface area contributed by atoms with Crippen LogP contribution in [0.15, 0.2) is 24.4 Å². The smallest absolute Gasteiger partial charge is 0.134 e. The number of nitrogen functional groups attached to an aromatic ring is 1. The predicted molar refractivity (Wildman–Crippen MR) is 59.6 cm³/mol. The first-order chi connectivity index (χ1) is 7.63. The second-order valence-electron chi connectivity index (χ2n) is 3.41. The Morgan fingerprint density at radius 3 is 2.62 bits per heavy atom. The van der Waals surface area contributed by atoms with Gasteiger partial charge >= 0.3 is 0 Å². The number of anilines is 1. The maximum Gasteiger partial charge on any atom is 0.134 e. The molecule has 2 aromatic rings. The van der Waals surface area contributed by atoms with E-state index in [2.05, 4.69) is 5.10 Å². The number of hydrogen-bond acceptors (Lipinski definition) is 3. The molecule has 0 radical (unpaired) electrons. The number of nitrogens with zero attached hydrogens (tertiary/aromatic N) is 2. The highest BCUT2D eigenvalue weighted by molar-refractivity contribution is 5.74. The minimum Gasteiger partial charge on any atom is -0.497 e. The molecule has 0 bridgehead atoms. The number of ether oxygens (including phenoxy) is 1. The van der Waals surface area contributed by atoms with E-state index in [1.165, 1.54) is 17.9 Å². The summed E-state index contributed by atoms with van der Waals surface area (Å²) in [6, 6.07) is 4.63. The van der Waals surface area contributed by atoms with Crippen molar-refractivity contribution < 1.29 is 9.13 Å². The minimum atomic E-state index is -0.376. The van der Waals surface area contributed by atoms with Gasteiger partial charge in [0.05, 0.1) is 13.3 Å². The van der Waals surface area contributed by atoms with Crippen LogP contribution in [0, 0.1) is 5.82 Å². The number of rotatable bonds is 2. The molecule has 0 unspecified atom stereocenters. The van der Waals surface area contributed by atoms with Gasteiger partial charge in [-0.15, -0.1) is 0 Å². The lowest BCUT2D eigenvalue weighted by Crippen LogP contribution is -1.98. The molecule has 2 N–H and O–H groups in total. The summed E-state index contributed by atoms with van der Waals surface area (Å²) >= 11 is 0. The molecule has 2 rings (SSSR count). The summed E-state index contributed by atoms with van der Waals surface area (Å²) in [5, 5.41) is 3.97. The van der Waals surface area contributed by atoms with Gasteiger partial charge in [0.25, 0.3) is 0 Å². The molecule has 0 fully saturated rings. The maximum absolute atomic E-state index is 13.7.